The Bertz CT molecular complexity index is 211. The second-order valence-corrected chi connectivity index (χ2v) is 6.11. The molecular weight excluding hydrogens is 208 g/mol. The first kappa shape index (κ1) is 13.4. The molecule has 17 heavy (non-hydrogen) atoms. The van der Waals surface area contributed by atoms with Gasteiger partial charge in [-0.05, 0) is 51.5 Å². The molecule has 2 N–H and O–H groups in total. The van der Waals surface area contributed by atoms with E-state index in [1.54, 1.807) is 0 Å². The minimum absolute atomic E-state index is 0.703. The van der Waals surface area contributed by atoms with Gasteiger partial charge >= 0.3 is 0 Å². The molecule has 2 nitrogen and oxygen atoms in total. The summed E-state index contributed by atoms with van der Waals surface area (Å²) in [7, 11) is 0. The van der Waals surface area contributed by atoms with E-state index in [0.717, 1.165) is 18.0 Å². The van der Waals surface area contributed by atoms with Crippen LogP contribution in [0.25, 0.3) is 0 Å². The van der Waals surface area contributed by atoms with Gasteiger partial charge in [-0.2, -0.15) is 0 Å². The van der Waals surface area contributed by atoms with Crippen molar-refractivity contribution in [3.05, 3.63) is 0 Å². The molecule has 4 atom stereocenters. The molecule has 100 valence electrons. The van der Waals surface area contributed by atoms with Crippen LogP contribution in [0.15, 0.2) is 0 Å². The normalized spacial score (nSPS) is 36.0. The highest BCUT2D eigenvalue weighted by Crippen LogP contribution is 2.32. The standard InChI is InChI=1S/C15H30N2/c1-3-7-12(2)17-15-10-6-8-13(15)14-9-4-5-11-16-14/h12-17H,3-11H2,1-2H3. The van der Waals surface area contributed by atoms with Crippen LogP contribution in [0.2, 0.25) is 0 Å². The van der Waals surface area contributed by atoms with Crippen molar-refractivity contribution in [2.45, 2.75) is 83.3 Å². The minimum Gasteiger partial charge on any atom is -0.314 e. The molecule has 2 heteroatoms. The lowest BCUT2D eigenvalue weighted by Crippen LogP contribution is -2.48. The highest BCUT2D eigenvalue weighted by atomic mass is 15.0. The van der Waals surface area contributed by atoms with Crippen LogP contribution in [0.4, 0.5) is 0 Å². The molecule has 0 aromatic carbocycles. The average molecular weight is 238 g/mol. The molecule has 0 spiro atoms. The molecule has 0 amide bonds. The number of hydrogen-bond acceptors (Lipinski definition) is 2. The molecule has 4 unspecified atom stereocenters. The first-order valence-electron chi connectivity index (χ1n) is 7.80. The fourth-order valence-corrected chi connectivity index (χ4v) is 3.80. The number of rotatable bonds is 5. The third-order valence-corrected chi connectivity index (χ3v) is 4.65. The molecular formula is C15H30N2. The van der Waals surface area contributed by atoms with Crippen molar-refractivity contribution < 1.29 is 0 Å². The van der Waals surface area contributed by atoms with Crippen molar-refractivity contribution in [3.8, 4) is 0 Å². The number of nitrogens with one attached hydrogen (secondary N) is 2. The lowest BCUT2D eigenvalue weighted by Gasteiger charge is -2.34. The van der Waals surface area contributed by atoms with Crippen LogP contribution in [0.1, 0.15) is 65.2 Å². The van der Waals surface area contributed by atoms with Crippen molar-refractivity contribution in [2.75, 3.05) is 6.54 Å². The Kier molecular flexibility index (Phi) is 5.30. The summed E-state index contributed by atoms with van der Waals surface area (Å²) in [6.45, 7) is 5.89. The van der Waals surface area contributed by atoms with Crippen LogP contribution in [0.3, 0.4) is 0 Å². The van der Waals surface area contributed by atoms with Gasteiger partial charge in [0, 0.05) is 18.1 Å². The second-order valence-electron chi connectivity index (χ2n) is 6.11. The van der Waals surface area contributed by atoms with Gasteiger partial charge in [0.1, 0.15) is 0 Å². The molecule has 1 aliphatic carbocycles. The molecule has 0 bridgehead atoms. The predicted octanol–water partition coefficient (Wildman–Crippen LogP) is 3.08. The van der Waals surface area contributed by atoms with Crippen molar-refractivity contribution in [3.63, 3.8) is 0 Å². The summed E-state index contributed by atoms with van der Waals surface area (Å²) >= 11 is 0. The Morgan fingerprint density at radius 3 is 2.76 bits per heavy atom. The quantitative estimate of drug-likeness (QED) is 0.769. The first-order valence-corrected chi connectivity index (χ1v) is 7.80. The van der Waals surface area contributed by atoms with E-state index in [9.17, 15) is 0 Å². The van der Waals surface area contributed by atoms with Gasteiger partial charge in [0.25, 0.3) is 0 Å². The lowest BCUT2D eigenvalue weighted by atomic mass is 9.88. The van der Waals surface area contributed by atoms with Gasteiger partial charge in [0.05, 0.1) is 0 Å². The zero-order valence-corrected chi connectivity index (χ0v) is 11.7. The second kappa shape index (κ2) is 6.75. The summed E-state index contributed by atoms with van der Waals surface area (Å²) in [6, 6.07) is 2.29. The fourth-order valence-electron chi connectivity index (χ4n) is 3.80. The molecule has 1 aliphatic heterocycles. The summed E-state index contributed by atoms with van der Waals surface area (Å²) in [5.41, 5.74) is 0. The fraction of sp³-hybridized carbons (Fsp3) is 1.00. The van der Waals surface area contributed by atoms with Gasteiger partial charge in [-0.25, -0.2) is 0 Å². The molecule has 2 fully saturated rings. The molecule has 0 aromatic heterocycles. The maximum absolute atomic E-state index is 3.89. The van der Waals surface area contributed by atoms with Gasteiger partial charge in [-0.15, -0.1) is 0 Å². The topological polar surface area (TPSA) is 24.1 Å². The summed E-state index contributed by atoms with van der Waals surface area (Å²) in [5, 5.41) is 7.64. The van der Waals surface area contributed by atoms with Crippen LogP contribution >= 0.6 is 0 Å². The third-order valence-electron chi connectivity index (χ3n) is 4.65. The van der Waals surface area contributed by atoms with Gasteiger partial charge in [-0.1, -0.05) is 26.2 Å². The van der Waals surface area contributed by atoms with Crippen LogP contribution in [0.5, 0.6) is 0 Å². The van der Waals surface area contributed by atoms with Crippen molar-refractivity contribution in [1.29, 1.82) is 0 Å². The zero-order chi connectivity index (χ0) is 12.1. The summed E-state index contributed by atoms with van der Waals surface area (Å²) in [4.78, 5) is 0. The predicted molar refractivity (Wildman–Crippen MR) is 74.3 cm³/mol. The summed E-state index contributed by atoms with van der Waals surface area (Å²) in [5.74, 6) is 0.898. The van der Waals surface area contributed by atoms with E-state index in [-0.39, 0.29) is 0 Å². The molecule has 2 rings (SSSR count). The molecule has 0 radical (unpaired) electrons. The van der Waals surface area contributed by atoms with Gasteiger partial charge in [0.2, 0.25) is 0 Å². The Morgan fingerprint density at radius 2 is 2.06 bits per heavy atom. The molecule has 1 heterocycles. The first-order chi connectivity index (χ1) is 8.31. The molecule has 0 aromatic rings. The van der Waals surface area contributed by atoms with Gasteiger partial charge in [0.15, 0.2) is 0 Å². The largest absolute Gasteiger partial charge is 0.314 e. The van der Waals surface area contributed by atoms with Crippen molar-refractivity contribution >= 4 is 0 Å². The van der Waals surface area contributed by atoms with Gasteiger partial charge < -0.3 is 10.6 Å². The monoisotopic (exact) mass is 238 g/mol. The Morgan fingerprint density at radius 1 is 1.18 bits per heavy atom. The van der Waals surface area contributed by atoms with E-state index in [2.05, 4.69) is 24.5 Å². The zero-order valence-electron chi connectivity index (χ0n) is 11.7. The maximum atomic E-state index is 3.89. The Balaban J connectivity index is 1.83. The van der Waals surface area contributed by atoms with E-state index < -0.39 is 0 Å². The van der Waals surface area contributed by atoms with E-state index in [1.165, 1.54) is 57.9 Å². The van der Waals surface area contributed by atoms with Crippen LogP contribution < -0.4 is 10.6 Å². The van der Waals surface area contributed by atoms with Crippen molar-refractivity contribution in [1.82, 2.24) is 10.6 Å². The minimum atomic E-state index is 0.703. The van der Waals surface area contributed by atoms with E-state index in [4.69, 9.17) is 0 Å². The summed E-state index contributed by atoms with van der Waals surface area (Å²) in [6.07, 6.45) is 11.1. The smallest absolute Gasteiger partial charge is 0.0113 e. The number of hydrogen-bond donors (Lipinski definition) is 2. The van der Waals surface area contributed by atoms with Crippen LogP contribution in [-0.2, 0) is 0 Å². The average Bonchev–Trinajstić information content (AvgIpc) is 2.78. The molecule has 1 saturated carbocycles. The SMILES string of the molecule is CCCC(C)NC1CCCC1C1CCCCN1. The highest BCUT2D eigenvalue weighted by molar-refractivity contribution is 4.93. The van der Waals surface area contributed by atoms with E-state index >= 15 is 0 Å². The van der Waals surface area contributed by atoms with Crippen molar-refractivity contribution in [2.24, 2.45) is 5.92 Å². The third kappa shape index (κ3) is 3.69. The van der Waals surface area contributed by atoms with Gasteiger partial charge in [-0.3, -0.25) is 0 Å². The Labute approximate surface area is 107 Å². The lowest BCUT2D eigenvalue weighted by molar-refractivity contribution is 0.246. The van der Waals surface area contributed by atoms with Crippen LogP contribution in [-0.4, -0.2) is 24.7 Å². The highest BCUT2D eigenvalue weighted by Gasteiger charge is 2.34. The van der Waals surface area contributed by atoms with E-state index in [0.29, 0.717) is 6.04 Å². The molecule has 1 saturated heterocycles. The Hall–Kier alpha value is -0.0800. The number of piperidine rings is 1. The maximum Gasteiger partial charge on any atom is 0.0113 e. The summed E-state index contributed by atoms with van der Waals surface area (Å²) < 4.78 is 0. The van der Waals surface area contributed by atoms with Crippen LogP contribution in [0, 0.1) is 5.92 Å². The van der Waals surface area contributed by atoms with E-state index in [1.807, 2.05) is 0 Å². The molecule has 2 aliphatic rings.